The van der Waals surface area contributed by atoms with Crippen molar-refractivity contribution < 1.29 is 4.79 Å². The Morgan fingerprint density at radius 3 is 2.50 bits per heavy atom. The number of urea groups is 1. The second-order valence-electron chi connectivity index (χ2n) is 6.50. The average Bonchev–Trinajstić information content (AvgIpc) is 2.65. The van der Waals surface area contributed by atoms with Crippen LogP contribution in [-0.4, -0.2) is 37.1 Å². The van der Waals surface area contributed by atoms with Crippen LogP contribution in [0.4, 0.5) is 10.5 Å². The van der Waals surface area contributed by atoms with Crippen LogP contribution >= 0.6 is 15.9 Å². The van der Waals surface area contributed by atoms with E-state index in [4.69, 9.17) is 0 Å². The van der Waals surface area contributed by atoms with E-state index < -0.39 is 0 Å². The number of carbonyl (C=O) groups excluding carboxylic acids is 1. The van der Waals surface area contributed by atoms with Crippen LogP contribution in [0.5, 0.6) is 0 Å². The van der Waals surface area contributed by atoms with Crippen molar-refractivity contribution in [3.63, 3.8) is 0 Å². The zero-order valence-corrected chi connectivity index (χ0v) is 16.8. The Labute approximate surface area is 163 Å². The molecule has 1 saturated heterocycles. The molecular weight excluding hydrogens is 390 g/mol. The predicted octanol–water partition coefficient (Wildman–Crippen LogP) is 4.57. The van der Waals surface area contributed by atoms with Crippen molar-refractivity contribution in [3.8, 4) is 0 Å². The monoisotopic (exact) mass is 413 g/mol. The molecule has 0 aromatic heterocycles. The van der Waals surface area contributed by atoms with Crippen molar-refractivity contribution in [2.75, 3.05) is 31.1 Å². The van der Waals surface area contributed by atoms with Gasteiger partial charge in [0.25, 0.3) is 0 Å². The number of anilines is 1. The van der Waals surface area contributed by atoms with E-state index in [1.54, 1.807) is 6.20 Å². The molecule has 0 bridgehead atoms. The van der Waals surface area contributed by atoms with Gasteiger partial charge in [0, 0.05) is 42.5 Å². The Kier molecular flexibility index (Phi) is 5.99. The van der Waals surface area contributed by atoms with E-state index in [1.165, 1.54) is 16.8 Å². The molecule has 1 aliphatic rings. The minimum atomic E-state index is -0.0473. The Morgan fingerprint density at radius 2 is 1.77 bits per heavy atom. The minimum absolute atomic E-state index is 0.0473. The summed E-state index contributed by atoms with van der Waals surface area (Å²) < 4.78 is 1.01. The van der Waals surface area contributed by atoms with Gasteiger partial charge in [-0.3, -0.25) is 0 Å². The van der Waals surface area contributed by atoms with Gasteiger partial charge in [-0.25, -0.2) is 4.79 Å². The van der Waals surface area contributed by atoms with E-state index in [2.05, 4.69) is 58.2 Å². The number of rotatable bonds is 3. The summed E-state index contributed by atoms with van der Waals surface area (Å²) in [6.07, 6.45) is 3.61. The maximum absolute atomic E-state index is 12.4. The molecule has 5 heteroatoms. The first-order chi connectivity index (χ1) is 12.6. The maximum atomic E-state index is 12.4. The Morgan fingerprint density at radius 1 is 1.04 bits per heavy atom. The molecule has 1 heterocycles. The summed E-state index contributed by atoms with van der Waals surface area (Å²) in [5, 5.41) is 2.87. The number of amides is 2. The highest BCUT2D eigenvalue weighted by Gasteiger charge is 2.21. The quantitative estimate of drug-likeness (QED) is 0.799. The molecule has 0 aliphatic carbocycles. The molecule has 0 radical (unpaired) electrons. The molecule has 1 fully saturated rings. The number of benzene rings is 2. The van der Waals surface area contributed by atoms with Crippen LogP contribution in [0.3, 0.4) is 0 Å². The molecule has 1 aliphatic heterocycles. The minimum Gasteiger partial charge on any atom is -0.368 e. The smallest absolute Gasteiger partial charge is 0.321 e. The highest BCUT2D eigenvalue weighted by atomic mass is 79.9. The summed E-state index contributed by atoms with van der Waals surface area (Å²) >= 11 is 3.50. The zero-order valence-electron chi connectivity index (χ0n) is 15.2. The fourth-order valence-corrected chi connectivity index (χ4v) is 3.55. The molecule has 2 aromatic carbocycles. The molecule has 0 saturated carbocycles. The summed E-state index contributed by atoms with van der Waals surface area (Å²) in [4.78, 5) is 16.6. The zero-order chi connectivity index (χ0) is 18.5. The third-order valence-corrected chi connectivity index (χ3v) is 5.58. The first-order valence-electron chi connectivity index (χ1n) is 8.84. The van der Waals surface area contributed by atoms with Gasteiger partial charge in [-0.2, -0.15) is 0 Å². The van der Waals surface area contributed by atoms with Crippen LogP contribution < -0.4 is 10.2 Å². The lowest BCUT2D eigenvalue weighted by Gasteiger charge is -2.36. The lowest BCUT2D eigenvalue weighted by atomic mass is 10.1. The largest absolute Gasteiger partial charge is 0.368 e. The Balaban J connectivity index is 1.54. The second-order valence-corrected chi connectivity index (χ2v) is 7.35. The highest BCUT2D eigenvalue weighted by molar-refractivity contribution is 9.10. The number of hydrogen-bond acceptors (Lipinski definition) is 2. The third kappa shape index (κ3) is 4.28. The fraction of sp³-hybridized carbons (Fsp3) is 0.286. The second kappa shape index (κ2) is 8.41. The Bertz CT molecular complexity index is 811. The topological polar surface area (TPSA) is 35.6 Å². The summed E-state index contributed by atoms with van der Waals surface area (Å²) in [5.74, 6) is 0. The number of piperazine rings is 1. The molecule has 136 valence electrons. The van der Waals surface area contributed by atoms with Gasteiger partial charge in [0.1, 0.15) is 0 Å². The SMILES string of the molecule is Cc1cccc(N2CCN(C(=O)N/C=C/c3ccccc3Br)CC2)c1C. The van der Waals surface area contributed by atoms with Crippen LogP contribution in [-0.2, 0) is 0 Å². The van der Waals surface area contributed by atoms with E-state index >= 15 is 0 Å². The average molecular weight is 414 g/mol. The summed E-state index contributed by atoms with van der Waals surface area (Å²) in [6, 6.07) is 14.3. The number of halogens is 1. The van der Waals surface area contributed by atoms with E-state index in [9.17, 15) is 4.79 Å². The molecule has 26 heavy (non-hydrogen) atoms. The summed E-state index contributed by atoms with van der Waals surface area (Å²) in [5.41, 5.74) is 4.94. The highest BCUT2D eigenvalue weighted by Crippen LogP contribution is 2.23. The van der Waals surface area contributed by atoms with Crippen molar-refractivity contribution in [1.82, 2.24) is 10.2 Å². The van der Waals surface area contributed by atoms with Crippen molar-refractivity contribution >= 4 is 33.7 Å². The number of nitrogens with zero attached hydrogens (tertiary/aromatic N) is 2. The number of carbonyl (C=O) groups is 1. The van der Waals surface area contributed by atoms with Crippen molar-refractivity contribution in [1.29, 1.82) is 0 Å². The number of hydrogen-bond donors (Lipinski definition) is 1. The van der Waals surface area contributed by atoms with E-state index in [0.717, 1.165) is 36.2 Å². The van der Waals surface area contributed by atoms with E-state index in [1.807, 2.05) is 35.2 Å². The fourth-order valence-electron chi connectivity index (χ4n) is 3.13. The molecule has 4 nitrogen and oxygen atoms in total. The summed E-state index contributed by atoms with van der Waals surface area (Å²) in [7, 11) is 0. The Hall–Kier alpha value is -2.27. The van der Waals surface area contributed by atoms with Crippen LogP contribution in [0.25, 0.3) is 6.08 Å². The van der Waals surface area contributed by atoms with Crippen LogP contribution in [0.2, 0.25) is 0 Å². The van der Waals surface area contributed by atoms with Crippen molar-refractivity contribution in [2.45, 2.75) is 13.8 Å². The standard InChI is InChI=1S/C21H24BrN3O/c1-16-6-5-9-20(17(16)2)24-12-14-25(15-13-24)21(26)23-11-10-18-7-3-4-8-19(18)22/h3-11H,12-15H2,1-2H3,(H,23,26)/b11-10+. The lowest BCUT2D eigenvalue weighted by Crippen LogP contribution is -2.51. The van der Waals surface area contributed by atoms with Gasteiger partial charge in [0.05, 0.1) is 0 Å². The molecular formula is C21H24BrN3O. The van der Waals surface area contributed by atoms with Gasteiger partial charge in [-0.15, -0.1) is 0 Å². The molecule has 0 spiro atoms. The van der Waals surface area contributed by atoms with Crippen molar-refractivity contribution in [3.05, 3.63) is 69.8 Å². The van der Waals surface area contributed by atoms with Crippen LogP contribution in [0.1, 0.15) is 16.7 Å². The number of nitrogens with one attached hydrogen (secondary N) is 1. The molecule has 2 amide bonds. The van der Waals surface area contributed by atoms with E-state index in [-0.39, 0.29) is 6.03 Å². The molecule has 0 unspecified atom stereocenters. The molecule has 1 N–H and O–H groups in total. The molecule has 0 atom stereocenters. The van der Waals surface area contributed by atoms with Gasteiger partial charge in [0.2, 0.25) is 0 Å². The van der Waals surface area contributed by atoms with Gasteiger partial charge in [0.15, 0.2) is 0 Å². The lowest BCUT2D eigenvalue weighted by molar-refractivity contribution is 0.198. The normalized spacial score (nSPS) is 14.7. The van der Waals surface area contributed by atoms with Gasteiger partial charge in [-0.1, -0.05) is 46.3 Å². The first-order valence-corrected chi connectivity index (χ1v) is 9.63. The van der Waals surface area contributed by atoms with Gasteiger partial charge < -0.3 is 15.1 Å². The predicted molar refractivity (Wildman–Crippen MR) is 111 cm³/mol. The van der Waals surface area contributed by atoms with Gasteiger partial charge in [-0.05, 0) is 48.7 Å². The van der Waals surface area contributed by atoms with Crippen molar-refractivity contribution in [2.24, 2.45) is 0 Å². The number of aryl methyl sites for hydroxylation is 1. The van der Waals surface area contributed by atoms with Crippen LogP contribution in [0.15, 0.2) is 53.1 Å². The van der Waals surface area contributed by atoms with E-state index in [0.29, 0.717) is 0 Å². The molecule has 3 rings (SSSR count). The van der Waals surface area contributed by atoms with Crippen LogP contribution in [0, 0.1) is 13.8 Å². The summed E-state index contributed by atoms with van der Waals surface area (Å²) in [6.45, 7) is 7.46. The third-order valence-electron chi connectivity index (χ3n) is 4.86. The van der Waals surface area contributed by atoms with Gasteiger partial charge >= 0.3 is 6.03 Å². The molecule has 2 aromatic rings. The first kappa shape index (κ1) is 18.5. The maximum Gasteiger partial charge on any atom is 0.321 e.